The van der Waals surface area contributed by atoms with Crippen molar-refractivity contribution in [3.8, 4) is 0 Å². The van der Waals surface area contributed by atoms with Crippen LogP contribution in [0.5, 0.6) is 0 Å². The molecule has 1 aliphatic heterocycles. The number of nitrogens with zero attached hydrogens (tertiary/aromatic N) is 2. The van der Waals surface area contributed by atoms with Gasteiger partial charge in [0.2, 0.25) is 0 Å². The van der Waals surface area contributed by atoms with Crippen LogP contribution in [0.15, 0.2) is 28.0 Å². The first-order valence-electron chi connectivity index (χ1n) is 3.10. The summed E-state index contributed by atoms with van der Waals surface area (Å²) >= 11 is 0. The van der Waals surface area contributed by atoms with Crippen molar-refractivity contribution in [1.82, 2.24) is 4.57 Å². The van der Waals surface area contributed by atoms with Crippen LogP contribution in [0.2, 0.25) is 0 Å². The first-order chi connectivity index (χ1) is 4.88. The molecule has 0 saturated heterocycles. The SMILES string of the molecule is O=c1cccc2n1CC=N2. The summed E-state index contributed by atoms with van der Waals surface area (Å²) in [5.74, 6) is 0.757. The van der Waals surface area contributed by atoms with E-state index in [9.17, 15) is 4.79 Å². The van der Waals surface area contributed by atoms with Crippen molar-refractivity contribution in [2.24, 2.45) is 4.99 Å². The highest BCUT2D eigenvalue weighted by Crippen LogP contribution is 2.11. The van der Waals surface area contributed by atoms with Crippen LogP contribution in [-0.2, 0) is 6.54 Å². The van der Waals surface area contributed by atoms with E-state index < -0.39 is 0 Å². The molecule has 0 saturated carbocycles. The number of pyridine rings is 1. The quantitative estimate of drug-likeness (QED) is 0.510. The van der Waals surface area contributed by atoms with Gasteiger partial charge in [0.05, 0.1) is 6.54 Å². The zero-order valence-corrected chi connectivity index (χ0v) is 5.32. The van der Waals surface area contributed by atoms with Crippen molar-refractivity contribution in [2.45, 2.75) is 6.54 Å². The monoisotopic (exact) mass is 134 g/mol. The Hall–Kier alpha value is -1.38. The van der Waals surface area contributed by atoms with E-state index in [2.05, 4.69) is 4.99 Å². The van der Waals surface area contributed by atoms with E-state index in [4.69, 9.17) is 0 Å². The fraction of sp³-hybridized carbons (Fsp3) is 0.143. The van der Waals surface area contributed by atoms with E-state index in [1.54, 1.807) is 16.8 Å². The molecule has 0 atom stereocenters. The van der Waals surface area contributed by atoms with Crippen molar-refractivity contribution in [2.75, 3.05) is 0 Å². The van der Waals surface area contributed by atoms with Crippen molar-refractivity contribution < 1.29 is 0 Å². The van der Waals surface area contributed by atoms with E-state index in [-0.39, 0.29) is 5.56 Å². The van der Waals surface area contributed by atoms with Gasteiger partial charge in [-0.1, -0.05) is 6.07 Å². The Labute approximate surface area is 57.6 Å². The summed E-state index contributed by atoms with van der Waals surface area (Å²) in [6, 6.07) is 5.08. The Balaban J connectivity index is 2.77. The van der Waals surface area contributed by atoms with Gasteiger partial charge in [-0.05, 0) is 6.07 Å². The molecule has 0 radical (unpaired) electrons. The summed E-state index contributed by atoms with van der Waals surface area (Å²) < 4.78 is 1.62. The van der Waals surface area contributed by atoms with Gasteiger partial charge in [-0.25, -0.2) is 4.99 Å². The summed E-state index contributed by atoms with van der Waals surface area (Å²) in [5.41, 5.74) is 0.0231. The maximum absolute atomic E-state index is 11.0. The topological polar surface area (TPSA) is 34.4 Å². The van der Waals surface area contributed by atoms with Crippen molar-refractivity contribution in [3.05, 3.63) is 28.6 Å². The normalized spacial score (nSPS) is 13.6. The minimum atomic E-state index is 0.0231. The summed E-state index contributed by atoms with van der Waals surface area (Å²) in [5, 5.41) is 0. The van der Waals surface area contributed by atoms with Crippen LogP contribution in [0.1, 0.15) is 0 Å². The molecular formula is C7H6N2O. The van der Waals surface area contributed by atoms with Gasteiger partial charge in [-0.15, -0.1) is 0 Å². The predicted octanol–water partition coefficient (Wildman–Crippen LogP) is 0.564. The van der Waals surface area contributed by atoms with E-state index >= 15 is 0 Å². The Kier molecular flexibility index (Phi) is 0.974. The van der Waals surface area contributed by atoms with Gasteiger partial charge in [0.15, 0.2) is 0 Å². The zero-order valence-electron chi connectivity index (χ0n) is 5.32. The van der Waals surface area contributed by atoms with Crippen LogP contribution in [0.4, 0.5) is 5.82 Å². The molecule has 0 spiro atoms. The van der Waals surface area contributed by atoms with Gasteiger partial charge in [-0.2, -0.15) is 0 Å². The fourth-order valence-electron chi connectivity index (χ4n) is 1.02. The second kappa shape index (κ2) is 1.80. The number of hydrogen-bond donors (Lipinski definition) is 0. The fourth-order valence-corrected chi connectivity index (χ4v) is 1.02. The van der Waals surface area contributed by atoms with Gasteiger partial charge in [0.25, 0.3) is 5.56 Å². The first-order valence-corrected chi connectivity index (χ1v) is 3.10. The largest absolute Gasteiger partial charge is 0.288 e. The van der Waals surface area contributed by atoms with Crippen LogP contribution in [0.3, 0.4) is 0 Å². The lowest BCUT2D eigenvalue weighted by molar-refractivity contribution is 0.849. The minimum absolute atomic E-state index is 0.0231. The molecule has 10 heavy (non-hydrogen) atoms. The summed E-state index contributed by atoms with van der Waals surface area (Å²) in [7, 11) is 0. The van der Waals surface area contributed by atoms with Crippen LogP contribution in [0, 0.1) is 0 Å². The van der Waals surface area contributed by atoms with Gasteiger partial charge < -0.3 is 0 Å². The highest BCUT2D eigenvalue weighted by molar-refractivity contribution is 5.66. The van der Waals surface area contributed by atoms with Crippen molar-refractivity contribution in [1.29, 1.82) is 0 Å². The number of hydrogen-bond acceptors (Lipinski definition) is 2. The summed E-state index contributed by atoms with van der Waals surface area (Å²) in [6.45, 7) is 0.620. The van der Waals surface area contributed by atoms with Gasteiger partial charge in [0, 0.05) is 12.3 Å². The number of fused-ring (bicyclic) bond motifs is 1. The average molecular weight is 134 g/mol. The first kappa shape index (κ1) is 5.41. The van der Waals surface area contributed by atoms with Gasteiger partial charge in [-0.3, -0.25) is 9.36 Å². The smallest absolute Gasteiger partial charge is 0.252 e. The lowest BCUT2D eigenvalue weighted by atomic mass is 10.4. The van der Waals surface area contributed by atoms with Crippen LogP contribution >= 0.6 is 0 Å². The molecule has 1 aliphatic rings. The Morgan fingerprint density at radius 2 is 2.40 bits per heavy atom. The highest BCUT2D eigenvalue weighted by Gasteiger charge is 2.03. The van der Waals surface area contributed by atoms with Crippen molar-refractivity contribution >= 4 is 12.0 Å². The molecule has 3 heteroatoms. The Bertz CT molecular complexity index is 338. The minimum Gasteiger partial charge on any atom is -0.288 e. The zero-order chi connectivity index (χ0) is 6.97. The molecule has 0 bridgehead atoms. The molecule has 2 heterocycles. The standard InChI is InChI=1S/C7H6N2O/c10-7-3-1-2-6-8-4-5-9(6)7/h1-4H,5H2. The molecule has 1 aromatic rings. The molecule has 0 aromatic carbocycles. The molecule has 1 aromatic heterocycles. The molecular weight excluding hydrogens is 128 g/mol. The van der Waals surface area contributed by atoms with E-state index in [1.165, 1.54) is 6.07 Å². The predicted molar refractivity (Wildman–Crippen MR) is 38.9 cm³/mol. The number of aliphatic imine (C=N–C) groups is 1. The van der Waals surface area contributed by atoms with E-state index in [0.29, 0.717) is 6.54 Å². The highest BCUT2D eigenvalue weighted by atomic mass is 16.1. The number of aromatic nitrogens is 1. The second-order valence-electron chi connectivity index (χ2n) is 2.14. The molecule has 0 amide bonds. The number of rotatable bonds is 0. The average Bonchev–Trinajstić information content (AvgIpc) is 2.36. The summed E-state index contributed by atoms with van der Waals surface area (Å²) in [6.07, 6.45) is 1.73. The Morgan fingerprint density at radius 1 is 1.50 bits per heavy atom. The Morgan fingerprint density at radius 3 is 3.20 bits per heavy atom. The van der Waals surface area contributed by atoms with Crippen molar-refractivity contribution in [3.63, 3.8) is 0 Å². The van der Waals surface area contributed by atoms with Crippen LogP contribution in [0.25, 0.3) is 0 Å². The van der Waals surface area contributed by atoms with Crippen LogP contribution < -0.4 is 5.56 Å². The maximum atomic E-state index is 11.0. The molecule has 0 N–H and O–H groups in total. The van der Waals surface area contributed by atoms with E-state index in [1.807, 2.05) is 6.07 Å². The molecule has 2 rings (SSSR count). The molecule has 0 fully saturated rings. The third kappa shape index (κ3) is 0.603. The second-order valence-corrected chi connectivity index (χ2v) is 2.14. The third-order valence-electron chi connectivity index (χ3n) is 1.51. The lowest BCUT2D eigenvalue weighted by Gasteiger charge is -1.96. The summed E-state index contributed by atoms with van der Waals surface area (Å²) in [4.78, 5) is 15.0. The van der Waals surface area contributed by atoms with Gasteiger partial charge >= 0.3 is 0 Å². The molecule has 0 unspecified atom stereocenters. The molecule has 50 valence electrons. The maximum Gasteiger partial charge on any atom is 0.252 e. The van der Waals surface area contributed by atoms with Crippen LogP contribution in [-0.4, -0.2) is 10.8 Å². The van der Waals surface area contributed by atoms with E-state index in [0.717, 1.165) is 5.82 Å². The van der Waals surface area contributed by atoms with Gasteiger partial charge in [0.1, 0.15) is 5.82 Å². The third-order valence-corrected chi connectivity index (χ3v) is 1.51. The lowest BCUT2D eigenvalue weighted by Crippen LogP contribution is -2.15. The molecule has 3 nitrogen and oxygen atoms in total. The molecule has 0 aliphatic carbocycles.